The molecule has 0 fully saturated rings. The van der Waals surface area contributed by atoms with Crippen LogP contribution in [0.4, 0.5) is 0 Å². The van der Waals surface area contributed by atoms with Crippen LogP contribution in [0.15, 0.2) is 39.6 Å². The van der Waals surface area contributed by atoms with Crippen LogP contribution in [0.1, 0.15) is 60.6 Å². The molecule has 2 aromatic rings. The van der Waals surface area contributed by atoms with Crippen molar-refractivity contribution in [2.24, 2.45) is 0 Å². The zero-order chi connectivity index (χ0) is 18.7. The van der Waals surface area contributed by atoms with Gasteiger partial charge in [0.25, 0.3) is 0 Å². The molecule has 0 aliphatic rings. The molecule has 4 heteroatoms. The average molecular weight is 342 g/mol. The minimum Gasteiger partial charge on any atom is -0.507 e. The summed E-state index contributed by atoms with van der Waals surface area (Å²) in [7, 11) is 0. The number of hydrogen-bond donors (Lipinski definition) is 2. The third kappa shape index (κ3) is 4.02. The molecular formula is C21H26O4. The molecule has 134 valence electrons. The maximum absolute atomic E-state index is 11.8. The van der Waals surface area contributed by atoms with Crippen LogP contribution in [0.2, 0.25) is 0 Å². The van der Waals surface area contributed by atoms with Crippen molar-refractivity contribution in [3.63, 3.8) is 0 Å². The van der Waals surface area contributed by atoms with Crippen molar-refractivity contribution in [3.05, 3.63) is 68.8 Å². The molecule has 0 spiro atoms. The highest BCUT2D eigenvalue weighted by Gasteiger charge is 2.27. The van der Waals surface area contributed by atoms with E-state index in [-0.39, 0.29) is 23.0 Å². The summed E-state index contributed by atoms with van der Waals surface area (Å²) in [5.74, 6) is -0.431. The Balaban J connectivity index is 2.37. The topological polar surface area (TPSA) is 70.7 Å². The van der Waals surface area contributed by atoms with E-state index >= 15 is 0 Å². The van der Waals surface area contributed by atoms with Crippen LogP contribution in [0.25, 0.3) is 6.08 Å². The van der Waals surface area contributed by atoms with Crippen molar-refractivity contribution in [1.82, 2.24) is 0 Å². The molecule has 2 rings (SSSR count). The van der Waals surface area contributed by atoms with Crippen LogP contribution in [0.5, 0.6) is 5.75 Å². The predicted molar refractivity (Wildman–Crippen MR) is 100 cm³/mol. The Morgan fingerprint density at radius 3 is 2.40 bits per heavy atom. The van der Waals surface area contributed by atoms with Gasteiger partial charge in [0.2, 0.25) is 0 Å². The zero-order valence-corrected chi connectivity index (χ0v) is 15.4. The molecule has 2 N–H and O–H groups in total. The highest BCUT2D eigenvalue weighted by atomic mass is 16.4. The summed E-state index contributed by atoms with van der Waals surface area (Å²) in [4.78, 5) is 11.8. The molecular weight excluding hydrogens is 316 g/mol. The van der Waals surface area contributed by atoms with E-state index in [1.54, 1.807) is 6.92 Å². The summed E-state index contributed by atoms with van der Waals surface area (Å²) in [5.41, 5.74) is 2.84. The summed E-state index contributed by atoms with van der Waals surface area (Å²) in [6, 6.07) is 7.54. The van der Waals surface area contributed by atoms with E-state index in [9.17, 15) is 15.0 Å². The maximum atomic E-state index is 11.8. The molecule has 0 radical (unpaired) electrons. The second-order valence-electron chi connectivity index (χ2n) is 6.65. The van der Waals surface area contributed by atoms with Crippen LogP contribution >= 0.6 is 0 Å². The highest BCUT2D eigenvalue weighted by molar-refractivity contribution is 5.56. The summed E-state index contributed by atoms with van der Waals surface area (Å²) in [5, 5.41) is 20.7. The molecule has 0 amide bonds. The van der Waals surface area contributed by atoms with Crippen LogP contribution < -0.4 is 5.63 Å². The number of hydrogen-bond acceptors (Lipinski definition) is 4. The van der Waals surface area contributed by atoms with Gasteiger partial charge in [-0.3, -0.25) is 0 Å². The Morgan fingerprint density at radius 2 is 1.80 bits per heavy atom. The summed E-state index contributed by atoms with van der Waals surface area (Å²) in [6.07, 6.45) is 3.23. The number of allylic oxidation sites excluding steroid dienone is 1. The number of aliphatic hydroxyl groups is 1. The Bertz CT molecular complexity index is 832. The maximum Gasteiger partial charge on any atom is 0.342 e. The lowest BCUT2D eigenvalue weighted by molar-refractivity contribution is 0.114. The van der Waals surface area contributed by atoms with Gasteiger partial charge in [-0.15, -0.1) is 0 Å². The third-order valence-electron chi connectivity index (χ3n) is 4.73. The predicted octanol–water partition coefficient (Wildman–Crippen LogP) is 4.26. The first-order valence-corrected chi connectivity index (χ1v) is 8.51. The van der Waals surface area contributed by atoms with Crippen molar-refractivity contribution in [2.45, 2.75) is 52.6 Å². The van der Waals surface area contributed by atoms with Gasteiger partial charge in [-0.05, 0) is 31.9 Å². The minimum absolute atomic E-state index is 0.108. The van der Waals surface area contributed by atoms with Gasteiger partial charge in [-0.25, -0.2) is 4.79 Å². The van der Waals surface area contributed by atoms with E-state index in [2.05, 4.69) is 6.07 Å². The number of aliphatic hydroxyl groups excluding tert-OH is 1. The first kappa shape index (κ1) is 19.0. The van der Waals surface area contributed by atoms with Crippen molar-refractivity contribution >= 4 is 6.08 Å². The molecule has 0 saturated carbocycles. The van der Waals surface area contributed by atoms with Gasteiger partial charge in [-0.1, -0.05) is 49.8 Å². The average Bonchev–Trinajstić information content (AvgIpc) is 2.57. The summed E-state index contributed by atoms with van der Waals surface area (Å²) < 4.78 is 5.27. The molecule has 0 bridgehead atoms. The van der Waals surface area contributed by atoms with Crippen molar-refractivity contribution in [1.29, 1.82) is 0 Å². The molecule has 0 unspecified atom stereocenters. The molecule has 25 heavy (non-hydrogen) atoms. The Kier molecular flexibility index (Phi) is 5.85. The molecule has 0 aliphatic heterocycles. The van der Waals surface area contributed by atoms with E-state index in [0.717, 1.165) is 16.7 Å². The Labute approximate surface area is 148 Å². The third-order valence-corrected chi connectivity index (χ3v) is 4.73. The lowest BCUT2D eigenvalue weighted by Crippen LogP contribution is -2.24. The van der Waals surface area contributed by atoms with Gasteiger partial charge >= 0.3 is 5.63 Å². The van der Waals surface area contributed by atoms with Crippen molar-refractivity contribution < 1.29 is 14.6 Å². The number of rotatable bonds is 5. The van der Waals surface area contributed by atoms with E-state index in [0.29, 0.717) is 0 Å². The monoisotopic (exact) mass is 342 g/mol. The number of aryl methyl sites for hydroxylation is 1. The van der Waals surface area contributed by atoms with Gasteiger partial charge in [-0.2, -0.15) is 0 Å². The van der Waals surface area contributed by atoms with E-state index < -0.39 is 17.6 Å². The summed E-state index contributed by atoms with van der Waals surface area (Å²) >= 11 is 0. The normalized spacial score (nSPS) is 15.3. The fourth-order valence-electron chi connectivity index (χ4n) is 3.00. The smallest absolute Gasteiger partial charge is 0.342 e. The zero-order valence-electron chi connectivity index (χ0n) is 15.4. The van der Waals surface area contributed by atoms with Crippen LogP contribution in [0, 0.1) is 13.8 Å². The van der Waals surface area contributed by atoms with Crippen molar-refractivity contribution in [2.75, 3.05) is 0 Å². The van der Waals surface area contributed by atoms with Gasteiger partial charge < -0.3 is 14.6 Å². The molecule has 0 saturated heterocycles. The lowest BCUT2D eigenvalue weighted by atomic mass is 9.84. The van der Waals surface area contributed by atoms with E-state index in [1.807, 2.05) is 45.1 Å². The summed E-state index contributed by atoms with van der Waals surface area (Å²) in [6.45, 7) is 9.23. The molecule has 3 atom stereocenters. The van der Waals surface area contributed by atoms with Gasteiger partial charge in [0.05, 0.1) is 11.7 Å². The lowest BCUT2D eigenvalue weighted by Gasteiger charge is -2.26. The van der Waals surface area contributed by atoms with Crippen LogP contribution in [-0.4, -0.2) is 16.3 Å². The fraction of sp³-hybridized carbons (Fsp3) is 0.381. The van der Waals surface area contributed by atoms with Crippen LogP contribution in [0.3, 0.4) is 0 Å². The second kappa shape index (κ2) is 7.70. The molecule has 1 heterocycles. The highest BCUT2D eigenvalue weighted by Crippen LogP contribution is 2.33. The fourth-order valence-corrected chi connectivity index (χ4v) is 3.00. The second-order valence-corrected chi connectivity index (χ2v) is 6.65. The van der Waals surface area contributed by atoms with Gasteiger partial charge in [0, 0.05) is 17.9 Å². The first-order valence-electron chi connectivity index (χ1n) is 8.51. The standard InChI is InChI=1S/C21H26O4/c1-6-7-16-10-12(2)8-9-17(16)13(3)20(23)15(5)19-11-18(22)14(4)21(24)25-19/h6-11,13,15,20,22-23H,1-5H3/b7-6+/t13-,15+,20+/m0/s1. The van der Waals surface area contributed by atoms with Crippen LogP contribution in [-0.2, 0) is 0 Å². The van der Waals surface area contributed by atoms with Gasteiger partial charge in [0.1, 0.15) is 11.5 Å². The molecule has 1 aromatic heterocycles. The van der Waals surface area contributed by atoms with Crippen molar-refractivity contribution in [3.8, 4) is 5.75 Å². The molecule has 4 nitrogen and oxygen atoms in total. The van der Waals surface area contributed by atoms with E-state index in [1.165, 1.54) is 13.0 Å². The Hall–Kier alpha value is -2.33. The van der Waals surface area contributed by atoms with E-state index in [4.69, 9.17) is 4.42 Å². The minimum atomic E-state index is -0.767. The SMILES string of the molecule is C/C=C/c1cc(C)ccc1[C@H](C)[C@@H](O)[C@H](C)c1cc(O)c(C)c(=O)o1. The first-order chi connectivity index (χ1) is 11.8. The largest absolute Gasteiger partial charge is 0.507 e. The molecule has 0 aliphatic carbocycles. The number of aromatic hydroxyl groups is 1. The Morgan fingerprint density at radius 1 is 1.12 bits per heavy atom. The quantitative estimate of drug-likeness (QED) is 0.851. The molecule has 1 aromatic carbocycles. The number of benzene rings is 1. The van der Waals surface area contributed by atoms with Gasteiger partial charge in [0.15, 0.2) is 0 Å².